The molecule has 0 fully saturated rings. The quantitative estimate of drug-likeness (QED) is 0.726. The Morgan fingerprint density at radius 2 is 2.08 bits per heavy atom. The topological polar surface area (TPSA) is 43.4 Å². The van der Waals surface area contributed by atoms with Gasteiger partial charge in [-0.2, -0.15) is 0 Å². The first-order valence-corrected chi connectivity index (χ1v) is 5.26. The van der Waals surface area contributed by atoms with E-state index in [-0.39, 0.29) is 6.10 Å². The van der Waals surface area contributed by atoms with Gasteiger partial charge in [-0.15, -0.1) is 0 Å². The molecule has 1 atom stereocenters. The highest BCUT2D eigenvalue weighted by Crippen LogP contribution is 2.33. The number of rotatable bonds is 2. The average Bonchev–Trinajstić information content (AvgIpc) is 2.48. The molecular formula is C9H10O3S. The number of benzene rings is 1. The van der Waals surface area contributed by atoms with E-state index in [2.05, 4.69) is 0 Å². The molecule has 0 heterocycles. The highest BCUT2D eigenvalue weighted by atomic mass is 32.2. The summed E-state index contributed by atoms with van der Waals surface area (Å²) < 4.78 is 25.6. The lowest BCUT2D eigenvalue weighted by Crippen LogP contribution is -1.97. The summed E-state index contributed by atoms with van der Waals surface area (Å²) in [5.41, 5.74) is 2.21. The van der Waals surface area contributed by atoms with Gasteiger partial charge in [-0.3, -0.25) is 4.18 Å². The second-order valence-electron chi connectivity index (χ2n) is 3.06. The zero-order valence-electron chi connectivity index (χ0n) is 6.97. The minimum atomic E-state index is -2.74. The van der Waals surface area contributed by atoms with Gasteiger partial charge in [0.25, 0.3) is 11.0 Å². The lowest BCUT2D eigenvalue weighted by molar-refractivity contribution is 0.225. The largest absolute Gasteiger partial charge is 0.264 e. The Bertz CT molecular complexity index is 376. The molecule has 1 aromatic rings. The molecule has 70 valence electrons. The van der Waals surface area contributed by atoms with Crippen molar-refractivity contribution in [2.75, 3.05) is 0 Å². The normalized spacial score (nSPS) is 20.5. The summed E-state index contributed by atoms with van der Waals surface area (Å²) in [4.78, 5) is 0. The minimum absolute atomic E-state index is 0.252. The van der Waals surface area contributed by atoms with Gasteiger partial charge in [0.15, 0.2) is 0 Å². The van der Waals surface area contributed by atoms with Gasteiger partial charge >= 0.3 is 0 Å². The monoisotopic (exact) mass is 198 g/mol. The summed E-state index contributed by atoms with van der Waals surface area (Å²) >= 11 is 0. The van der Waals surface area contributed by atoms with Crippen LogP contribution in [0.1, 0.15) is 23.7 Å². The molecule has 0 radical (unpaired) electrons. The zero-order valence-corrected chi connectivity index (χ0v) is 7.87. The van der Waals surface area contributed by atoms with Gasteiger partial charge in [0.05, 0.1) is 0 Å². The van der Waals surface area contributed by atoms with Gasteiger partial charge in [0, 0.05) is 0 Å². The third kappa shape index (κ3) is 1.73. The molecule has 0 bridgehead atoms. The van der Waals surface area contributed by atoms with E-state index in [0.29, 0.717) is 0 Å². The Morgan fingerprint density at radius 3 is 2.85 bits per heavy atom. The fraction of sp³-hybridized carbons (Fsp3) is 0.333. The van der Waals surface area contributed by atoms with Crippen LogP contribution in [-0.2, 0) is 21.6 Å². The molecule has 1 unspecified atom stereocenters. The van der Waals surface area contributed by atoms with Crippen molar-refractivity contribution in [1.82, 2.24) is 0 Å². The van der Waals surface area contributed by atoms with Crippen molar-refractivity contribution in [3.05, 3.63) is 35.4 Å². The van der Waals surface area contributed by atoms with Crippen LogP contribution in [0.2, 0.25) is 0 Å². The van der Waals surface area contributed by atoms with Crippen LogP contribution in [0.4, 0.5) is 0 Å². The summed E-state index contributed by atoms with van der Waals surface area (Å²) in [7, 11) is -2.74. The van der Waals surface area contributed by atoms with Gasteiger partial charge in [-0.1, -0.05) is 24.3 Å². The first-order chi connectivity index (χ1) is 6.27. The van der Waals surface area contributed by atoms with Crippen molar-refractivity contribution >= 4 is 11.0 Å². The maximum absolute atomic E-state index is 10.4. The first kappa shape index (κ1) is 8.72. The van der Waals surface area contributed by atoms with Crippen LogP contribution in [0.25, 0.3) is 0 Å². The molecule has 13 heavy (non-hydrogen) atoms. The third-order valence-electron chi connectivity index (χ3n) is 2.29. The molecule has 1 aliphatic carbocycles. The summed E-state index contributed by atoms with van der Waals surface area (Å²) in [6.07, 6.45) is 1.42. The first-order valence-electron chi connectivity index (χ1n) is 4.16. The molecule has 1 aliphatic rings. The van der Waals surface area contributed by atoms with Crippen LogP contribution in [-0.4, -0.2) is 8.42 Å². The smallest absolute Gasteiger partial charge is 0.257 e. The fourth-order valence-corrected chi connectivity index (χ4v) is 2.16. The van der Waals surface area contributed by atoms with Gasteiger partial charge in [0.2, 0.25) is 0 Å². The van der Waals surface area contributed by atoms with E-state index in [1.54, 1.807) is 0 Å². The fourth-order valence-electron chi connectivity index (χ4n) is 1.73. The molecular weight excluding hydrogens is 188 g/mol. The average molecular weight is 198 g/mol. The molecule has 0 N–H and O–H groups in total. The number of hydrogen-bond donors (Lipinski definition) is 1. The molecule has 0 amide bonds. The molecule has 2 rings (SSSR count). The number of thiol groups is 1. The van der Waals surface area contributed by atoms with Crippen molar-refractivity contribution in [3.8, 4) is 0 Å². The van der Waals surface area contributed by atoms with E-state index in [1.807, 2.05) is 24.3 Å². The third-order valence-corrected chi connectivity index (χ3v) is 2.72. The lowest BCUT2D eigenvalue weighted by atomic mass is 10.1. The van der Waals surface area contributed by atoms with Crippen LogP contribution in [0.5, 0.6) is 0 Å². The molecule has 0 spiro atoms. The van der Waals surface area contributed by atoms with Gasteiger partial charge < -0.3 is 0 Å². The maximum atomic E-state index is 10.4. The Balaban J connectivity index is 2.28. The second kappa shape index (κ2) is 3.47. The Kier molecular flexibility index (Phi) is 2.33. The molecule has 4 heteroatoms. The number of fused-ring (bicyclic) bond motifs is 1. The van der Waals surface area contributed by atoms with Crippen molar-refractivity contribution < 1.29 is 12.6 Å². The van der Waals surface area contributed by atoms with Crippen LogP contribution < -0.4 is 0 Å². The summed E-state index contributed by atoms with van der Waals surface area (Å²) in [5, 5.41) is 0. The highest BCUT2D eigenvalue weighted by Gasteiger charge is 2.23. The van der Waals surface area contributed by atoms with Crippen molar-refractivity contribution in [2.45, 2.75) is 18.9 Å². The van der Waals surface area contributed by atoms with E-state index in [9.17, 15) is 8.42 Å². The molecule has 0 aliphatic heterocycles. The van der Waals surface area contributed by atoms with Crippen molar-refractivity contribution in [1.29, 1.82) is 0 Å². The van der Waals surface area contributed by atoms with Crippen LogP contribution >= 0.6 is 0 Å². The van der Waals surface area contributed by atoms with E-state index in [1.165, 1.54) is 5.56 Å². The molecule has 0 aromatic heterocycles. The zero-order chi connectivity index (χ0) is 9.26. The van der Waals surface area contributed by atoms with E-state index >= 15 is 0 Å². The van der Waals surface area contributed by atoms with E-state index in [4.69, 9.17) is 4.18 Å². The van der Waals surface area contributed by atoms with Gasteiger partial charge in [-0.25, -0.2) is 8.42 Å². The molecule has 0 saturated carbocycles. The SMILES string of the molecule is O=[SH](=O)OC1CCc2ccccc21. The second-order valence-corrected chi connectivity index (χ2v) is 3.71. The Labute approximate surface area is 78.5 Å². The Hall–Kier alpha value is -0.870. The van der Waals surface area contributed by atoms with E-state index < -0.39 is 11.0 Å². The molecule has 3 nitrogen and oxygen atoms in total. The lowest BCUT2D eigenvalue weighted by Gasteiger charge is -2.06. The number of hydrogen-bond acceptors (Lipinski definition) is 3. The predicted molar refractivity (Wildman–Crippen MR) is 48.9 cm³/mol. The maximum Gasteiger partial charge on any atom is 0.257 e. The summed E-state index contributed by atoms with van der Waals surface area (Å²) in [5.74, 6) is 0. The van der Waals surface area contributed by atoms with Crippen LogP contribution in [0.15, 0.2) is 24.3 Å². The number of aryl methyl sites for hydroxylation is 1. The predicted octanol–water partition coefficient (Wildman–Crippen LogP) is 1.22. The minimum Gasteiger partial charge on any atom is -0.264 e. The highest BCUT2D eigenvalue weighted by molar-refractivity contribution is 7.67. The van der Waals surface area contributed by atoms with Gasteiger partial charge in [-0.05, 0) is 24.0 Å². The van der Waals surface area contributed by atoms with Crippen LogP contribution in [0, 0.1) is 0 Å². The molecule has 0 saturated heterocycles. The van der Waals surface area contributed by atoms with Crippen molar-refractivity contribution in [2.24, 2.45) is 0 Å². The standard InChI is InChI=1S/C9H10O3S/c10-13(11)12-9-6-5-7-3-1-2-4-8(7)9/h1-4,9,13H,5-6H2. The van der Waals surface area contributed by atoms with Crippen molar-refractivity contribution in [3.63, 3.8) is 0 Å². The van der Waals surface area contributed by atoms with Gasteiger partial charge in [0.1, 0.15) is 6.10 Å². The summed E-state index contributed by atoms with van der Waals surface area (Å²) in [6.45, 7) is 0. The Morgan fingerprint density at radius 1 is 1.31 bits per heavy atom. The van der Waals surface area contributed by atoms with Crippen LogP contribution in [0.3, 0.4) is 0 Å². The van der Waals surface area contributed by atoms with E-state index in [0.717, 1.165) is 18.4 Å². The molecule has 1 aromatic carbocycles. The summed E-state index contributed by atoms with van der Waals surface area (Å²) in [6, 6.07) is 7.79.